The number of thiophene rings is 1. The molecule has 30 heavy (non-hydrogen) atoms. The first-order valence-electron chi connectivity index (χ1n) is 10.6. The van der Waals surface area contributed by atoms with Crippen LogP contribution in [0.5, 0.6) is 0 Å². The minimum Gasteiger partial charge on any atom is -0.383 e. The Balaban J connectivity index is 2.08. The lowest BCUT2D eigenvalue weighted by atomic mass is 9.90. The summed E-state index contributed by atoms with van der Waals surface area (Å²) in [5.74, 6) is 0.695. The van der Waals surface area contributed by atoms with Crippen LogP contribution in [0, 0.1) is 17.8 Å². The predicted molar refractivity (Wildman–Crippen MR) is 123 cm³/mol. The summed E-state index contributed by atoms with van der Waals surface area (Å²) >= 11 is 1.51. The Hall–Kier alpha value is -2.35. The van der Waals surface area contributed by atoms with Crippen LogP contribution in [0.25, 0.3) is 0 Å². The van der Waals surface area contributed by atoms with E-state index < -0.39 is 11.2 Å². The first kappa shape index (κ1) is 22.3. The maximum absolute atomic E-state index is 13.5. The fraction of sp³-hybridized carbons (Fsp3) is 0.591. The zero-order chi connectivity index (χ0) is 22.2. The number of hydrogen-bond donors (Lipinski definition) is 2. The van der Waals surface area contributed by atoms with Gasteiger partial charge in [0.15, 0.2) is 5.69 Å². The van der Waals surface area contributed by atoms with Gasteiger partial charge in [-0.05, 0) is 48.6 Å². The van der Waals surface area contributed by atoms with E-state index in [2.05, 4.69) is 11.9 Å². The number of aromatic amines is 1. The molecule has 0 aromatic carbocycles. The smallest absolute Gasteiger partial charge is 0.330 e. The third-order valence-corrected chi connectivity index (χ3v) is 6.59. The summed E-state index contributed by atoms with van der Waals surface area (Å²) in [6.07, 6.45) is 3.09. The Morgan fingerprint density at radius 1 is 1.30 bits per heavy atom. The standard InChI is InChI=1S/C22H32N4O3S/c1-12(2)10-25(18-19(23)26(11-13(3)4)22(29)24-20(18)27)21(28)17-9-15-8-14(5)6-7-16(15)30-17/h9,12-14H,6-8,10-11,23H2,1-5H3,(H,24,27,29). The number of aryl methyl sites for hydroxylation is 1. The summed E-state index contributed by atoms with van der Waals surface area (Å²) in [6, 6.07) is 1.97. The van der Waals surface area contributed by atoms with Crippen molar-refractivity contribution >= 4 is 28.7 Å². The van der Waals surface area contributed by atoms with Gasteiger partial charge < -0.3 is 5.73 Å². The molecule has 1 aliphatic rings. The SMILES string of the molecule is CC(C)CN(C(=O)c1cc2c(s1)CCC(C)C2)c1c(N)n(CC(C)C)c(=O)[nH]c1=O. The number of carbonyl (C=O) groups is 1. The number of aromatic nitrogens is 2. The van der Waals surface area contributed by atoms with Crippen molar-refractivity contribution in [1.29, 1.82) is 0 Å². The van der Waals surface area contributed by atoms with Gasteiger partial charge in [-0.1, -0.05) is 34.6 Å². The second-order valence-corrected chi connectivity index (χ2v) is 10.4. The second kappa shape index (κ2) is 8.79. The van der Waals surface area contributed by atoms with E-state index in [0.717, 1.165) is 19.3 Å². The summed E-state index contributed by atoms with van der Waals surface area (Å²) < 4.78 is 1.35. The third kappa shape index (κ3) is 4.53. The Morgan fingerprint density at radius 2 is 2.00 bits per heavy atom. The molecule has 164 valence electrons. The van der Waals surface area contributed by atoms with Crippen LogP contribution in [-0.2, 0) is 19.4 Å². The van der Waals surface area contributed by atoms with Gasteiger partial charge in [0.25, 0.3) is 11.5 Å². The number of hydrogen-bond acceptors (Lipinski definition) is 5. The number of amides is 1. The lowest BCUT2D eigenvalue weighted by molar-refractivity contribution is 0.0987. The van der Waals surface area contributed by atoms with Gasteiger partial charge in [0.2, 0.25) is 0 Å². The Labute approximate surface area is 180 Å². The summed E-state index contributed by atoms with van der Waals surface area (Å²) in [4.78, 5) is 44.3. The molecule has 0 aliphatic heterocycles. The van der Waals surface area contributed by atoms with Gasteiger partial charge in [-0.25, -0.2) is 4.79 Å². The average Bonchev–Trinajstić information content (AvgIpc) is 3.06. The highest BCUT2D eigenvalue weighted by molar-refractivity contribution is 7.14. The highest BCUT2D eigenvalue weighted by Gasteiger charge is 2.29. The fourth-order valence-corrected chi connectivity index (χ4v) is 5.13. The van der Waals surface area contributed by atoms with Crippen LogP contribution in [0.1, 0.15) is 61.2 Å². The number of H-pyrrole nitrogens is 1. The molecule has 0 bridgehead atoms. The van der Waals surface area contributed by atoms with Crippen molar-refractivity contribution < 1.29 is 4.79 Å². The molecule has 0 saturated heterocycles. The second-order valence-electron chi connectivity index (χ2n) is 9.21. The number of fused-ring (bicyclic) bond motifs is 1. The molecule has 2 heterocycles. The van der Waals surface area contributed by atoms with E-state index in [-0.39, 0.29) is 29.2 Å². The van der Waals surface area contributed by atoms with Crippen molar-refractivity contribution in [3.8, 4) is 0 Å². The van der Waals surface area contributed by atoms with Gasteiger partial charge in [-0.3, -0.25) is 24.0 Å². The minimum atomic E-state index is -0.624. The molecular formula is C22H32N4O3S. The third-order valence-electron chi connectivity index (χ3n) is 5.36. The zero-order valence-corrected chi connectivity index (χ0v) is 19.3. The Kier molecular flexibility index (Phi) is 6.55. The number of nitrogens with two attached hydrogens (primary N) is 1. The highest BCUT2D eigenvalue weighted by Crippen LogP contribution is 2.33. The highest BCUT2D eigenvalue weighted by atomic mass is 32.1. The van der Waals surface area contributed by atoms with Crippen LogP contribution in [0.2, 0.25) is 0 Å². The van der Waals surface area contributed by atoms with Gasteiger partial charge in [0.05, 0.1) is 4.88 Å². The molecule has 2 aromatic rings. The van der Waals surface area contributed by atoms with E-state index >= 15 is 0 Å². The molecule has 7 nitrogen and oxygen atoms in total. The van der Waals surface area contributed by atoms with E-state index in [9.17, 15) is 14.4 Å². The first-order valence-corrected chi connectivity index (χ1v) is 11.5. The minimum absolute atomic E-state index is 0.0430. The average molecular weight is 433 g/mol. The van der Waals surface area contributed by atoms with Crippen LogP contribution in [0.3, 0.4) is 0 Å². The van der Waals surface area contributed by atoms with Crippen molar-refractivity contribution in [2.24, 2.45) is 17.8 Å². The molecule has 1 atom stereocenters. The van der Waals surface area contributed by atoms with E-state index in [1.54, 1.807) is 0 Å². The largest absolute Gasteiger partial charge is 0.383 e. The van der Waals surface area contributed by atoms with E-state index in [1.165, 1.54) is 31.2 Å². The van der Waals surface area contributed by atoms with Crippen molar-refractivity contribution in [3.05, 3.63) is 42.2 Å². The number of carbonyl (C=O) groups excluding carboxylic acids is 1. The monoisotopic (exact) mass is 432 g/mol. The molecular weight excluding hydrogens is 400 g/mol. The molecule has 1 aliphatic carbocycles. The van der Waals surface area contributed by atoms with Crippen LogP contribution >= 0.6 is 11.3 Å². The zero-order valence-electron chi connectivity index (χ0n) is 18.4. The molecule has 2 aromatic heterocycles. The summed E-state index contributed by atoms with van der Waals surface area (Å²) in [7, 11) is 0. The van der Waals surface area contributed by atoms with Crippen molar-refractivity contribution in [1.82, 2.24) is 9.55 Å². The van der Waals surface area contributed by atoms with E-state index in [1.807, 2.05) is 33.8 Å². The lowest BCUT2D eigenvalue weighted by Crippen LogP contribution is -2.42. The Morgan fingerprint density at radius 3 is 2.63 bits per heavy atom. The molecule has 3 rings (SSSR count). The van der Waals surface area contributed by atoms with Crippen LogP contribution in [-0.4, -0.2) is 22.0 Å². The first-order chi connectivity index (χ1) is 14.1. The Bertz CT molecular complexity index is 1050. The van der Waals surface area contributed by atoms with E-state index in [0.29, 0.717) is 23.9 Å². The predicted octanol–water partition coefficient (Wildman–Crippen LogP) is 3.26. The topological polar surface area (TPSA) is 101 Å². The molecule has 3 N–H and O–H groups in total. The van der Waals surface area contributed by atoms with E-state index in [4.69, 9.17) is 5.73 Å². The molecule has 0 saturated carbocycles. The molecule has 0 fully saturated rings. The van der Waals surface area contributed by atoms with Crippen LogP contribution in [0.15, 0.2) is 15.7 Å². The maximum Gasteiger partial charge on any atom is 0.330 e. The lowest BCUT2D eigenvalue weighted by Gasteiger charge is -2.26. The van der Waals surface area contributed by atoms with Crippen molar-refractivity contribution in [3.63, 3.8) is 0 Å². The quantitative estimate of drug-likeness (QED) is 0.731. The molecule has 0 spiro atoms. The normalized spacial score (nSPS) is 16.2. The van der Waals surface area contributed by atoms with Crippen LogP contribution in [0.4, 0.5) is 11.5 Å². The van der Waals surface area contributed by atoms with Crippen LogP contribution < -0.4 is 21.9 Å². The van der Waals surface area contributed by atoms with Gasteiger partial charge in [-0.15, -0.1) is 11.3 Å². The number of nitrogens with zero attached hydrogens (tertiary/aromatic N) is 2. The van der Waals surface area contributed by atoms with Gasteiger partial charge in [-0.2, -0.15) is 0 Å². The van der Waals surface area contributed by atoms with Crippen molar-refractivity contribution in [2.75, 3.05) is 17.2 Å². The number of rotatable bonds is 6. The van der Waals surface area contributed by atoms with Gasteiger partial charge >= 0.3 is 5.69 Å². The number of nitrogen functional groups attached to an aromatic ring is 1. The summed E-state index contributed by atoms with van der Waals surface area (Å²) in [5, 5.41) is 0. The maximum atomic E-state index is 13.5. The number of nitrogens with one attached hydrogen (secondary N) is 1. The molecule has 1 amide bonds. The number of anilines is 2. The molecule has 1 unspecified atom stereocenters. The molecule has 0 radical (unpaired) electrons. The summed E-state index contributed by atoms with van der Waals surface area (Å²) in [5.41, 5.74) is 6.42. The van der Waals surface area contributed by atoms with Gasteiger partial charge in [0.1, 0.15) is 5.82 Å². The molecule has 8 heteroatoms. The fourth-order valence-electron chi connectivity index (χ4n) is 3.97. The van der Waals surface area contributed by atoms with Gasteiger partial charge in [0, 0.05) is 18.0 Å². The van der Waals surface area contributed by atoms with Crippen molar-refractivity contribution in [2.45, 2.75) is 60.4 Å². The summed E-state index contributed by atoms with van der Waals surface area (Å²) in [6.45, 7) is 10.8.